The molecular formula is C20H26N6. The Morgan fingerprint density at radius 2 is 2.00 bits per heavy atom. The normalized spacial score (nSPS) is 11.7. The van der Waals surface area contributed by atoms with Crippen molar-refractivity contribution in [3.8, 4) is 0 Å². The van der Waals surface area contributed by atoms with E-state index in [-0.39, 0.29) is 0 Å². The zero-order valence-corrected chi connectivity index (χ0v) is 15.7. The van der Waals surface area contributed by atoms with Crippen LogP contribution in [-0.2, 0) is 13.1 Å². The summed E-state index contributed by atoms with van der Waals surface area (Å²) in [5.74, 6) is 0.805. The van der Waals surface area contributed by atoms with Crippen LogP contribution in [0.25, 0.3) is 10.9 Å². The number of nitrogens with one attached hydrogen (secondary N) is 2. The fourth-order valence-electron chi connectivity index (χ4n) is 3.05. The summed E-state index contributed by atoms with van der Waals surface area (Å²) in [6, 6.07) is 12.3. The number of hydrogen-bond acceptors (Lipinski definition) is 3. The van der Waals surface area contributed by atoms with E-state index in [2.05, 4.69) is 49.4 Å². The minimum atomic E-state index is 0.708. The number of rotatable bonds is 6. The molecule has 0 atom stereocenters. The Morgan fingerprint density at radius 1 is 1.15 bits per heavy atom. The zero-order valence-electron chi connectivity index (χ0n) is 15.7. The van der Waals surface area contributed by atoms with Gasteiger partial charge in [0.25, 0.3) is 0 Å². The Kier molecular flexibility index (Phi) is 5.84. The molecule has 2 aromatic heterocycles. The number of benzene rings is 1. The lowest BCUT2D eigenvalue weighted by molar-refractivity contribution is 0.555. The summed E-state index contributed by atoms with van der Waals surface area (Å²) >= 11 is 0. The molecule has 0 aliphatic heterocycles. The third-order valence-corrected chi connectivity index (χ3v) is 4.35. The molecule has 0 bridgehead atoms. The highest BCUT2D eigenvalue weighted by atomic mass is 15.3. The summed E-state index contributed by atoms with van der Waals surface area (Å²) in [5.41, 5.74) is 4.49. The van der Waals surface area contributed by atoms with E-state index in [9.17, 15) is 0 Å². The Morgan fingerprint density at radius 3 is 2.77 bits per heavy atom. The predicted molar refractivity (Wildman–Crippen MR) is 106 cm³/mol. The molecule has 0 aliphatic rings. The van der Waals surface area contributed by atoms with Crippen molar-refractivity contribution in [3.63, 3.8) is 0 Å². The van der Waals surface area contributed by atoms with E-state index in [1.165, 1.54) is 16.6 Å². The molecule has 0 amide bonds. The predicted octanol–water partition coefficient (Wildman–Crippen LogP) is 2.80. The molecule has 2 N–H and O–H groups in total. The Bertz CT molecular complexity index is 891. The standard InChI is InChI=1S/C20H26N6/c1-15-13-16(2)26(25-15)12-6-10-23-20(21-3)24-14-17-9-11-22-19-8-5-4-7-18(17)19/h4-5,7-9,11,13H,6,10,12,14H2,1-3H3,(H2,21,23,24). The maximum atomic E-state index is 4.49. The number of aryl methyl sites for hydroxylation is 3. The molecule has 1 aromatic carbocycles. The van der Waals surface area contributed by atoms with Crippen LogP contribution in [0.3, 0.4) is 0 Å². The topological polar surface area (TPSA) is 67.1 Å². The van der Waals surface area contributed by atoms with E-state index in [1.807, 2.05) is 37.4 Å². The SMILES string of the molecule is CN=C(NCCCn1nc(C)cc1C)NCc1ccnc2ccccc12. The lowest BCUT2D eigenvalue weighted by atomic mass is 10.1. The molecule has 3 rings (SSSR count). The summed E-state index contributed by atoms with van der Waals surface area (Å²) in [7, 11) is 1.79. The van der Waals surface area contributed by atoms with Gasteiger partial charge >= 0.3 is 0 Å². The van der Waals surface area contributed by atoms with Gasteiger partial charge in [-0.15, -0.1) is 0 Å². The second-order valence-electron chi connectivity index (χ2n) is 6.34. The minimum Gasteiger partial charge on any atom is -0.356 e. The van der Waals surface area contributed by atoms with Crippen LogP contribution >= 0.6 is 0 Å². The molecule has 0 unspecified atom stereocenters. The maximum absolute atomic E-state index is 4.49. The summed E-state index contributed by atoms with van der Waals surface area (Å²) in [5, 5.41) is 12.4. The molecule has 6 heteroatoms. The summed E-state index contributed by atoms with van der Waals surface area (Å²) in [4.78, 5) is 8.71. The van der Waals surface area contributed by atoms with Crippen molar-refractivity contribution in [2.24, 2.45) is 4.99 Å². The molecule has 136 valence electrons. The molecule has 2 heterocycles. The molecule has 26 heavy (non-hydrogen) atoms. The number of hydrogen-bond donors (Lipinski definition) is 2. The quantitative estimate of drug-likeness (QED) is 0.408. The smallest absolute Gasteiger partial charge is 0.191 e. The van der Waals surface area contributed by atoms with Gasteiger partial charge in [-0.25, -0.2) is 0 Å². The van der Waals surface area contributed by atoms with Crippen LogP contribution in [0.15, 0.2) is 47.6 Å². The highest BCUT2D eigenvalue weighted by molar-refractivity contribution is 5.83. The number of guanidine groups is 1. The lowest BCUT2D eigenvalue weighted by Crippen LogP contribution is -2.37. The molecule has 6 nitrogen and oxygen atoms in total. The first-order valence-electron chi connectivity index (χ1n) is 8.95. The third-order valence-electron chi connectivity index (χ3n) is 4.35. The van der Waals surface area contributed by atoms with Crippen molar-refractivity contribution < 1.29 is 0 Å². The van der Waals surface area contributed by atoms with Gasteiger partial charge in [0.1, 0.15) is 0 Å². The van der Waals surface area contributed by atoms with Crippen molar-refractivity contribution in [2.45, 2.75) is 33.4 Å². The molecular weight excluding hydrogens is 324 g/mol. The third kappa shape index (κ3) is 4.39. The lowest BCUT2D eigenvalue weighted by Gasteiger charge is -2.13. The van der Waals surface area contributed by atoms with Crippen LogP contribution in [0.2, 0.25) is 0 Å². The van der Waals surface area contributed by atoms with Crippen LogP contribution in [0.5, 0.6) is 0 Å². The number of aromatic nitrogens is 3. The van der Waals surface area contributed by atoms with Crippen LogP contribution < -0.4 is 10.6 Å². The summed E-state index contributed by atoms with van der Waals surface area (Å²) in [6.45, 7) is 6.57. The second-order valence-corrected chi connectivity index (χ2v) is 6.34. The molecule has 0 aliphatic carbocycles. The Hall–Kier alpha value is -2.89. The molecule has 0 fully saturated rings. The highest BCUT2D eigenvalue weighted by Gasteiger charge is 2.04. The first-order chi connectivity index (χ1) is 12.7. The largest absolute Gasteiger partial charge is 0.356 e. The van der Waals surface area contributed by atoms with E-state index in [1.54, 1.807) is 7.05 Å². The molecule has 0 saturated heterocycles. The maximum Gasteiger partial charge on any atom is 0.191 e. The van der Waals surface area contributed by atoms with Gasteiger partial charge in [0.15, 0.2) is 5.96 Å². The monoisotopic (exact) mass is 350 g/mol. The fourth-order valence-corrected chi connectivity index (χ4v) is 3.05. The van der Waals surface area contributed by atoms with Gasteiger partial charge in [-0.1, -0.05) is 18.2 Å². The van der Waals surface area contributed by atoms with E-state index < -0.39 is 0 Å². The van der Waals surface area contributed by atoms with Crippen molar-refractivity contribution in [1.29, 1.82) is 0 Å². The van der Waals surface area contributed by atoms with Crippen molar-refractivity contribution >= 4 is 16.9 Å². The molecule has 0 saturated carbocycles. The van der Waals surface area contributed by atoms with Gasteiger partial charge in [-0.05, 0) is 44.0 Å². The van der Waals surface area contributed by atoms with Gasteiger partial charge in [0.05, 0.1) is 11.2 Å². The first kappa shape index (κ1) is 17.9. The summed E-state index contributed by atoms with van der Waals surface area (Å²) in [6.07, 6.45) is 2.84. The van der Waals surface area contributed by atoms with Crippen LogP contribution in [0.4, 0.5) is 0 Å². The van der Waals surface area contributed by atoms with E-state index in [0.29, 0.717) is 6.54 Å². The minimum absolute atomic E-state index is 0.708. The van der Waals surface area contributed by atoms with Crippen LogP contribution in [-0.4, -0.2) is 34.3 Å². The number of fused-ring (bicyclic) bond motifs is 1. The van der Waals surface area contributed by atoms with Gasteiger partial charge in [-0.3, -0.25) is 14.7 Å². The number of pyridine rings is 1. The second kappa shape index (κ2) is 8.47. The van der Waals surface area contributed by atoms with Gasteiger partial charge < -0.3 is 10.6 Å². The van der Waals surface area contributed by atoms with Crippen molar-refractivity contribution in [2.75, 3.05) is 13.6 Å². The fraction of sp³-hybridized carbons (Fsp3) is 0.350. The van der Waals surface area contributed by atoms with Crippen LogP contribution in [0.1, 0.15) is 23.4 Å². The number of aliphatic imine (C=N–C) groups is 1. The summed E-state index contributed by atoms with van der Waals surface area (Å²) < 4.78 is 2.05. The zero-order chi connectivity index (χ0) is 18.4. The molecule has 0 spiro atoms. The van der Waals surface area contributed by atoms with Crippen LogP contribution in [0, 0.1) is 13.8 Å². The van der Waals surface area contributed by atoms with E-state index in [0.717, 1.165) is 36.7 Å². The van der Waals surface area contributed by atoms with Crippen molar-refractivity contribution in [1.82, 2.24) is 25.4 Å². The Labute approximate surface area is 154 Å². The number of nitrogens with zero attached hydrogens (tertiary/aromatic N) is 4. The molecule has 0 radical (unpaired) electrons. The average Bonchev–Trinajstić information content (AvgIpc) is 2.98. The first-order valence-corrected chi connectivity index (χ1v) is 8.95. The molecule has 3 aromatic rings. The number of para-hydroxylation sites is 1. The van der Waals surface area contributed by atoms with E-state index in [4.69, 9.17) is 0 Å². The van der Waals surface area contributed by atoms with Gasteiger partial charge in [0.2, 0.25) is 0 Å². The highest BCUT2D eigenvalue weighted by Crippen LogP contribution is 2.15. The van der Waals surface area contributed by atoms with E-state index >= 15 is 0 Å². The van der Waals surface area contributed by atoms with Crippen molar-refractivity contribution in [3.05, 3.63) is 59.5 Å². The average molecular weight is 350 g/mol. The Balaban J connectivity index is 1.49. The van der Waals surface area contributed by atoms with Gasteiger partial charge in [-0.2, -0.15) is 5.10 Å². The van der Waals surface area contributed by atoms with Gasteiger partial charge in [0, 0.05) is 44.0 Å².